The number of piperidine rings is 1. The summed E-state index contributed by atoms with van der Waals surface area (Å²) in [5, 5.41) is 2.87. The SMILES string of the molecule is COCCCNC(=O)[C@@H]1CCCN(S(=O)(=O)c2ccc(C)cc2)C1. The summed E-state index contributed by atoms with van der Waals surface area (Å²) in [4.78, 5) is 12.5. The molecule has 7 heteroatoms. The molecule has 0 aliphatic carbocycles. The standard InChI is InChI=1S/C17H26N2O4S/c1-14-6-8-16(9-7-14)24(21,22)19-11-3-5-15(13-19)17(20)18-10-4-12-23-2/h6-9,15H,3-5,10-13H2,1-2H3,(H,18,20)/t15-/m1/s1. The van der Waals surface area contributed by atoms with Crippen molar-refractivity contribution < 1.29 is 17.9 Å². The number of aryl methyl sites for hydroxylation is 1. The fourth-order valence-corrected chi connectivity index (χ4v) is 4.33. The molecule has 134 valence electrons. The Hall–Kier alpha value is -1.44. The minimum atomic E-state index is -3.54. The summed E-state index contributed by atoms with van der Waals surface area (Å²) in [6, 6.07) is 6.83. The van der Waals surface area contributed by atoms with Gasteiger partial charge in [0.05, 0.1) is 10.8 Å². The zero-order chi connectivity index (χ0) is 17.6. The number of rotatable bonds is 7. The summed E-state index contributed by atoms with van der Waals surface area (Å²) in [5.74, 6) is -0.364. The molecule has 1 amide bonds. The van der Waals surface area contributed by atoms with Crippen LogP contribution in [0, 0.1) is 12.8 Å². The summed E-state index contributed by atoms with van der Waals surface area (Å²) in [5.41, 5.74) is 1.01. The number of methoxy groups -OCH3 is 1. The van der Waals surface area contributed by atoms with Crippen LogP contribution in [0.3, 0.4) is 0 Å². The third-order valence-corrected chi connectivity index (χ3v) is 6.12. The van der Waals surface area contributed by atoms with Gasteiger partial charge in [-0.1, -0.05) is 17.7 Å². The Balaban J connectivity index is 1.99. The number of amides is 1. The lowest BCUT2D eigenvalue weighted by Crippen LogP contribution is -2.45. The van der Waals surface area contributed by atoms with E-state index in [2.05, 4.69) is 5.32 Å². The molecule has 0 unspecified atom stereocenters. The van der Waals surface area contributed by atoms with E-state index in [0.717, 1.165) is 18.4 Å². The van der Waals surface area contributed by atoms with E-state index in [9.17, 15) is 13.2 Å². The van der Waals surface area contributed by atoms with Crippen molar-refractivity contribution in [3.05, 3.63) is 29.8 Å². The summed E-state index contributed by atoms with van der Waals surface area (Å²) >= 11 is 0. The second-order valence-corrected chi connectivity index (χ2v) is 8.09. The smallest absolute Gasteiger partial charge is 0.243 e. The van der Waals surface area contributed by atoms with Gasteiger partial charge in [-0.15, -0.1) is 0 Å². The average molecular weight is 354 g/mol. The number of benzene rings is 1. The van der Waals surface area contributed by atoms with Crippen LogP contribution < -0.4 is 5.32 Å². The fraction of sp³-hybridized carbons (Fsp3) is 0.588. The van der Waals surface area contributed by atoms with Crippen LogP contribution in [0.25, 0.3) is 0 Å². The number of hydrogen-bond donors (Lipinski definition) is 1. The van der Waals surface area contributed by atoms with Gasteiger partial charge in [0, 0.05) is 33.4 Å². The topological polar surface area (TPSA) is 75.7 Å². The number of nitrogens with one attached hydrogen (secondary N) is 1. The highest BCUT2D eigenvalue weighted by Crippen LogP contribution is 2.24. The molecule has 2 rings (SSSR count). The molecular weight excluding hydrogens is 328 g/mol. The highest BCUT2D eigenvalue weighted by Gasteiger charge is 2.33. The van der Waals surface area contributed by atoms with Crippen molar-refractivity contribution in [2.45, 2.75) is 31.1 Å². The van der Waals surface area contributed by atoms with Crippen LogP contribution >= 0.6 is 0 Å². The van der Waals surface area contributed by atoms with Crippen LogP contribution in [0.15, 0.2) is 29.2 Å². The molecule has 1 aliphatic heterocycles. The lowest BCUT2D eigenvalue weighted by atomic mass is 9.99. The van der Waals surface area contributed by atoms with Crippen molar-refractivity contribution in [2.24, 2.45) is 5.92 Å². The Morgan fingerprint density at radius 2 is 2.04 bits per heavy atom. The summed E-state index contributed by atoms with van der Waals surface area (Å²) in [7, 11) is -1.92. The minimum Gasteiger partial charge on any atom is -0.385 e. The fourth-order valence-electron chi connectivity index (χ4n) is 2.81. The van der Waals surface area contributed by atoms with E-state index in [-0.39, 0.29) is 23.3 Å². The van der Waals surface area contributed by atoms with E-state index >= 15 is 0 Å². The lowest BCUT2D eigenvalue weighted by Gasteiger charge is -2.31. The van der Waals surface area contributed by atoms with Crippen LogP contribution in [0.4, 0.5) is 0 Å². The molecule has 1 N–H and O–H groups in total. The Morgan fingerprint density at radius 3 is 2.71 bits per heavy atom. The van der Waals surface area contributed by atoms with Crippen molar-refractivity contribution in [1.29, 1.82) is 0 Å². The molecule has 1 aromatic rings. The number of sulfonamides is 1. The van der Waals surface area contributed by atoms with Crippen LogP contribution in [-0.4, -0.2) is 52.0 Å². The highest BCUT2D eigenvalue weighted by atomic mass is 32.2. The summed E-state index contributed by atoms with van der Waals surface area (Å²) in [6.45, 7) is 3.77. The number of ether oxygens (including phenoxy) is 1. The number of carbonyl (C=O) groups excluding carboxylic acids is 1. The van der Waals surface area contributed by atoms with Crippen molar-refractivity contribution in [1.82, 2.24) is 9.62 Å². The molecule has 24 heavy (non-hydrogen) atoms. The van der Waals surface area contributed by atoms with Crippen molar-refractivity contribution >= 4 is 15.9 Å². The Kier molecular flexibility index (Phi) is 6.77. The maximum atomic E-state index is 12.7. The zero-order valence-electron chi connectivity index (χ0n) is 14.3. The molecule has 0 bridgehead atoms. The maximum Gasteiger partial charge on any atom is 0.243 e. The largest absolute Gasteiger partial charge is 0.385 e. The highest BCUT2D eigenvalue weighted by molar-refractivity contribution is 7.89. The first kappa shape index (κ1) is 18.9. The van der Waals surface area contributed by atoms with Crippen LogP contribution in [0.2, 0.25) is 0 Å². The van der Waals surface area contributed by atoms with Gasteiger partial charge in [0.15, 0.2) is 0 Å². The first-order valence-corrected chi connectivity index (χ1v) is 9.72. The number of carbonyl (C=O) groups is 1. The van der Waals surface area contributed by atoms with Gasteiger partial charge in [-0.05, 0) is 38.3 Å². The van der Waals surface area contributed by atoms with Gasteiger partial charge in [0.1, 0.15) is 0 Å². The quantitative estimate of drug-likeness (QED) is 0.754. The van der Waals surface area contributed by atoms with Crippen molar-refractivity contribution in [2.75, 3.05) is 33.4 Å². The molecule has 1 atom stereocenters. The van der Waals surface area contributed by atoms with Gasteiger partial charge in [0.2, 0.25) is 15.9 Å². The van der Waals surface area contributed by atoms with E-state index in [1.807, 2.05) is 6.92 Å². The molecule has 1 aromatic carbocycles. The maximum absolute atomic E-state index is 12.7. The Bertz CT molecular complexity index is 643. The molecule has 6 nitrogen and oxygen atoms in total. The molecule has 0 aromatic heterocycles. The predicted octanol–water partition coefficient (Wildman–Crippen LogP) is 1.55. The van der Waals surface area contributed by atoms with Crippen LogP contribution in [0.1, 0.15) is 24.8 Å². The van der Waals surface area contributed by atoms with E-state index in [1.54, 1.807) is 31.4 Å². The van der Waals surface area contributed by atoms with Gasteiger partial charge in [-0.25, -0.2) is 8.42 Å². The van der Waals surface area contributed by atoms with Crippen LogP contribution in [-0.2, 0) is 19.6 Å². The van der Waals surface area contributed by atoms with E-state index in [4.69, 9.17) is 4.74 Å². The second kappa shape index (κ2) is 8.60. The summed E-state index contributed by atoms with van der Waals surface area (Å²) in [6.07, 6.45) is 2.16. The molecule has 0 radical (unpaired) electrons. The summed E-state index contributed by atoms with van der Waals surface area (Å²) < 4.78 is 31.9. The number of hydrogen-bond acceptors (Lipinski definition) is 4. The average Bonchev–Trinajstić information content (AvgIpc) is 2.59. The molecular formula is C17H26N2O4S. The predicted molar refractivity (Wildman–Crippen MR) is 92.2 cm³/mol. The first-order valence-electron chi connectivity index (χ1n) is 8.28. The van der Waals surface area contributed by atoms with E-state index in [0.29, 0.717) is 26.1 Å². The lowest BCUT2D eigenvalue weighted by molar-refractivity contribution is -0.126. The molecule has 1 heterocycles. The minimum absolute atomic E-state index is 0.0742. The van der Waals surface area contributed by atoms with Crippen molar-refractivity contribution in [3.63, 3.8) is 0 Å². The van der Waals surface area contributed by atoms with E-state index < -0.39 is 10.0 Å². The normalized spacial score (nSPS) is 19.2. The monoisotopic (exact) mass is 354 g/mol. The van der Waals surface area contributed by atoms with Crippen LogP contribution in [0.5, 0.6) is 0 Å². The Labute approximate surface area is 144 Å². The number of nitrogens with zero attached hydrogens (tertiary/aromatic N) is 1. The van der Waals surface area contributed by atoms with Gasteiger partial charge in [0.25, 0.3) is 0 Å². The Morgan fingerprint density at radius 1 is 1.33 bits per heavy atom. The first-order chi connectivity index (χ1) is 11.4. The zero-order valence-corrected chi connectivity index (χ0v) is 15.1. The molecule has 1 saturated heterocycles. The van der Waals surface area contributed by atoms with Gasteiger partial charge < -0.3 is 10.1 Å². The van der Waals surface area contributed by atoms with Gasteiger partial charge in [-0.3, -0.25) is 4.79 Å². The third-order valence-electron chi connectivity index (χ3n) is 4.24. The van der Waals surface area contributed by atoms with Crippen molar-refractivity contribution in [3.8, 4) is 0 Å². The second-order valence-electron chi connectivity index (χ2n) is 6.15. The molecule has 1 aliphatic rings. The van der Waals surface area contributed by atoms with Gasteiger partial charge in [-0.2, -0.15) is 4.31 Å². The molecule has 1 fully saturated rings. The molecule has 0 spiro atoms. The third kappa shape index (κ3) is 4.78. The van der Waals surface area contributed by atoms with E-state index in [1.165, 1.54) is 4.31 Å². The molecule has 0 saturated carbocycles. The van der Waals surface area contributed by atoms with Gasteiger partial charge >= 0.3 is 0 Å².